The highest BCUT2D eigenvalue weighted by Gasteiger charge is 2.03. The van der Waals surface area contributed by atoms with Crippen LogP contribution in [0.4, 0.5) is 0 Å². The normalized spacial score (nSPS) is 24.9. The maximum atomic E-state index is 3.27. The third kappa shape index (κ3) is 6.05. The number of nitrogens with one attached hydrogen (secondary N) is 2. The lowest BCUT2D eigenvalue weighted by molar-refractivity contribution is 0.410. The lowest BCUT2D eigenvalue weighted by Gasteiger charge is -2.19. The summed E-state index contributed by atoms with van der Waals surface area (Å²) >= 11 is 0. The van der Waals surface area contributed by atoms with Crippen molar-refractivity contribution < 1.29 is 1.43 Å². The molecule has 10 heavy (non-hydrogen) atoms. The summed E-state index contributed by atoms with van der Waals surface area (Å²) < 4.78 is 0. The van der Waals surface area contributed by atoms with Crippen molar-refractivity contribution in [3.63, 3.8) is 0 Å². The van der Waals surface area contributed by atoms with Crippen LogP contribution in [0.3, 0.4) is 0 Å². The summed E-state index contributed by atoms with van der Waals surface area (Å²) in [5.74, 6) is 0. The Bertz CT molecular complexity index is 63.1. The zero-order chi connectivity index (χ0) is 7.82. The van der Waals surface area contributed by atoms with Gasteiger partial charge in [0.15, 0.2) is 0 Å². The average molecular weight is 146 g/mol. The van der Waals surface area contributed by atoms with Gasteiger partial charge >= 0.3 is 0 Å². The summed E-state index contributed by atoms with van der Waals surface area (Å²) in [6, 6.07) is 0.723. The van der Waals surface area contributed by atoms with Crippen molar-refractivity contribution in [3.05, 3.63) is 0 Å². The van der Waals surface area contributed by atoms with Crippen molar-refractivity contribution in [1.82, 2.24) is 10.6 Å². The molecule has 2 heteroatoms. The Morgan fingerprint density at radius 1 is 1.50 bits per heavy atom. The first kappa shape index (κ1) is 9.92. The Labute approximate surface area is 65.9 Å². The van der Waals surface area contributed by atoms with Crippen LogP contribution >= 0.6 is 0 Å². The molecule has 0 saturated carbocycles. The highest BCUT2D eigenvalue weighted by atomic mass is 15.1. The van der Waals surface area contributed by atoms with Gasteiger partial charge in [-0.3, -0.25) is 0 Å². The minimum atomic E-state index is 0. The molecule has 0 aliphatic carbocycles. The zero-order valence-electron chi connectivity index (χ0n) is 7.41. The molecule has 0 amide bonds. The van der Waals surface area contributed by atoms with Crippen LogP contribution < -0.4 is 10.6 Å². The van der Waals surface area contributed by atoms with Gasteiger partial charge in [0.05, 0.1) is 0 Å². The molecule has 1 rings (SSSR count). The van der Waals surface area contributed by atoms with Gasteiger partial charge in [-0.1, -0.05) is 20.3 Å². The molecule has 1 unspecified atom stereocenters. The molecule has 1 atom stereocenters. The molecule has 0 aromatic carbocycles. The molecule has 0 aromatic heterocycles. The van der Waals surface area contributed by atoms with Crippen LogP contribution in [0.15, 0.2) is 0 Å². The van der Waals surface area contributed by atoms with E-state index in [-0.39, 0.29) is 1.43 Å². The first-order valence-electron chi connectivity index (χ1n) is 4.25. The Morgan fingerprint density at radius 3 is 2.30 bits per heavy atom. The molecule has 2 nitrogen and oxygen atoms in total. The third-order valence-electron chi connectivity index (χ3n) is 1.33. The second kappa shape index (κ2) is 7.03. The minimum absolute atomic E-state index is 0. The molecule has 1 heterocycles. The van der Waals surface area contributed by atoms with Gasteiger partial charge in [-0.2, -0.15) is 0 Å². The Balaban J connectivity index is 0. The second-order valence-corrected chi connectivity index (χ2v) is 2.78. The molecule has 1 fully saturated rings. The van der Waals surface area contributed by atoms with E-state index < -0.39 is 0 Å². The predicted octanol–water partition coefficient (Wildman–Crippen LogP) is 1.58. The van der Waals surface area contributed by atoms with Crippen LogP contribution in [0.25, 0.3) is 0 Å². The highest BCUT2D eigenvalue weighted by Crippen LogP contribution is 1.89. The lowest BCUT2D eigenvalue weighted by atomic mass is 10.2. The van der Waals surface area contributed by atoms with Gasteiger partial charge in [0.25, 0.3) is 0 Å². The number of hydrogen-bond acceptors (Lipinski definition) is 2. The van der Waals surface area contributed by atoms with Crippen LogP contribution in [0.5, 0.6) is 0 Å². The van der Waals surface area contributed by atoms with E-state index in [1.165, 1.54) is 19.4 Å². The molecule has 0 aromatic rings. The largest absolute Gasteiger partial charge is 0.304 e. The first-order valence-corrected chi connectivity index (χ1v) is 4.25. The van der Waals surface area contributed by atoms with Crippen molar-refractivity contribution in [2.75, 3.05) is 13.2 Å². The van der Waals surface area contributed by atoms with Crippen molar-refractivity contribution in [3.8, 4) is 0 Å². The van der Waals surface area contributed by atoms with Crippen LogP contribution in [-0.2, 0) is 0 Å². The van der Waals surface area contributed by atoms with E-state index in [4.69, 9.17) is 0 Å². The van der Waals surface area contributed by atoms with Gasteiger partial charge < -0.3 is 10.6 Å². The van der Waals surface area contributed by atoms with Crippen LogP contribution in [0.1, 0.15) is 35.0 Å². The quantitative estimate of drug-likeness (QED) is 0.542. The molecule has 64 valence electrons. The topological polar surface area (TPSA) is 24.1 Å². The summed E-state index contributed by atoms with van der Waals surface area (Å²) in [6.07, 6.45) is 2.51. The number of rotatable bonds is 0. The predicted molar refractivity (Wildman–Crippen MR) is 48.2 cm³/mol. The van der Waals surface area contributed by atoms with Crippen LogP contribution in [0.2, 0.25) is 0 Å². The first-order chi connectivity index (χ1) is 4.81. The Kier molecular flexibility index (Phi) is 6.98. The lowest BCUT2D eigenvalue weighted by Crippen LogP contribution is -2.43. The van der Waals surface area contributed by atoms with Crippen molar-refractivity contribution in [2.24, 2.45) is 0 Å². The summed E-state index contributed by atoms with van der Waals surface area (Å²) in [5, 5.41) is 6.47. The monoisotopic (exact) mass is 146 g/mol. The van der Waals surface area contributed by atoms with Gasteiger partial charge in [0.2, 0.25) is 0 Å². The van der Waals surface area contributed by atoms with E-state index in [2.05, 4.69) is 31.4 Å². The van der Waals surface area contributed by atoms with Gasteiger partial charge in [-0.05, 0) is 19.9 Å². The van der Waals surface area contributed by atoms with E-state index in [9.17, 15) is 0 Å². The third-order valence-corrected chi connectivity index (χ3v) is 1.33. The minimum Gasteiger partial charge on any atom is -0.304 e. The smallest absolute Gasteiger partial charge is 0.0456 e. The zero-order valence-corrected chi connectivity index (χ0v) is 7.41. The maximum absolute atomic E-state index is 3.27. The molecule has 1 saturated heterocycles. The SMILES string of the molecule is CC1CCNCN1.CCC.[HH]. The van der Waals surface area contributed by atoms with Gasteiger partial charge in [-0.25, -0.2) is 0 Å². The molecule has 1 aliphatic rings. The molecule has 0 spiro atoms. The fraction of sp³-hybridized carbons (Fsp3) is 1.00. The summed E-state index contributed by atoms with van der Waals surface area (Å²) in [5.41, 5.74) is 0. The van der Waals surface area contributed by atoms with E-state index in [0.717, 1.165) is 12.7 Å². The van der Waals surface area contributed by atoms with E-state index in [0.29, 0.717) is 0 Å². The molecular formula is C8H22N2. The maximum Gasteiger partial charge on any atom is 0.0456 e. The molecule has 1 aliphatic heterocycles. The van der Waals surface area contributed by atoms with Gasteiger partial charge in [-0.15, -0.1) is 0 Å². The summed E-state index contributed by atoms with van der Waals surface area (Å²) in [4.78, 5) is 0. The van der Waals surface area contributed by atoms with Crippen LogP contribution in [-0.4, -0.2) is 19.3 Å². The molecule has 0 bridgehead atoms. The summed E-state index contributed by atoms with van der Waals surface area (Å²) in [6.45, 7) is 8.62. The van der Waals surface area contributed by atoms with E-state index in [1.807, 2.05) is 0 Å². The van der Waals surface area contributed by atoms with Gasteiger partial charge in [0.1, 0.15) is 0 Å². The standard InChI is InChI=1S/C5H12N2.C3H8.H2/c1-5-2-3-6-4-7-5;1-3-2;/h5-7H,2-4H2,1H3;3H2,1-2H3;1H. The fourth-order valence-electron chi connectivity index (χ4n) is 0.755. The van der Waals surface area contributed by atoms with E-state index in [1.54, 1.807) is 0 Å². The molecule has 2 N–H and O–H groups in total. The van der Waals surface area contributed by atoms with Crippen molar-refractivity contribution >= 4 is 0 Å². The average Bonchev–Trinajstić information content (AvgIpc) is 1.91. The Hall–Kier alpha value is -0.0800. The van der Waals surface area contributed by atoms with Crippen LogP contribution in [0, 0.1) is 0 Å². The highest BCUT2D eigenvalue weighted by molar-refractivity contribution is 4.65. The van der Waals surface area contributed by atoms with Crippen molar-refractivity contribution in [2.45, 2.75) is 39.7 Å². The molecular weight excluding hydrogens is 124 g/mol. The Morgan fingerprint density at radius 2 is 2.10 bits per heavy atom. The molecule has 0 radical (unpaired) electrons. The van der Waals surface area contributed by atoms with Gasteiger partial charge in [0, 0.05) is 14.1 Å². The second-order valence-electron chi connectivity index (χ2n) is 2.78. The fourth-order valence-corrected chi connectivity index (χ4v) is 0.755. The van der Waals surface area contributed by atoms with E-state index >= 15 is 0 Å². The number of hydrogen-bond donors (Lipinski definition) is 2. The van der Waals surface area contributed by atoms with Crippen molar-refractivity contribution in [1.29, 1.82) is 0 Å². The summed E-state index contributed by atoms with van der Waals surface area (Å²) in [7, 11) is 0.